The zero-order valence-electron chi connectivity index (χ0n) is 4.69. The van der Waals surface area contributed by atoms with E-state index in [0.29, 0.717) is 11.6 Å². The summed E-state index contributed by atoms with van der Waals surface area (Å²) >= 11 is 3.23. The van der Waals surface area contributed by atoms with Crippen LogP contribution >= 0.6 is 15.9 Å². The first-order valence-corrected chi connectivity index (χ1v) is 3.21. The SMILES string of the molecule is Nc1cc(Br)cc(N)[nH+]1. The molecule has 4 heteroatoms. The minimum absolute atomic E-state index is 0.557. The topological polar surface area (TPSA) is 66.2 Å². The monoisotopic (exact) mass is 188 g/mol. The van der Waals surface area contributed by atoms with Gasteiger partial charge < -0.3 is 11.5 Å². The molecule has 0 fully saturated rings. The number of rotatable bonds is 0. The fourth-order valence-corrected chi connectivity index (χ4v) is 1.07. The highest BCUT2D eigenvalue weighted by molar-refractivity contribution is 9.10. The van der Waals surface area contributed by atoms with Crippen molar-refractivity contribution in [2.24, 2.45) is 0 Å². The van der Waals surface area contributed by atoms with Crippen LogP contribution in [0.25, 0.3) is 0 Å². The highest BCUT2D eigenvalue weighted by atomic mass is 79.9. The second kappa shape index (κ2) is 2.23. The summed E-state index contributed by atoms with van der Waals surface area (Å²) in [6.45, 7) is 0. The Morgan fingerprint density at radius 2 is 1.67 bits per heavy atom. The summed E-state index contributed by atoms with van der Waals surface area (Å²) in [4.78, 5) is 2.74. The number of anilines is 2. The number of nitrogens with one attached hydrogen (secondary N) is 1. The Balaban J connectivity index is 3.17. The molecule has 0 aliphatic heterocycles. The van der Waals surface area contributed by atoms with Gasteiger partial charge in [-0.15, -0.1) is 0 Å². The van der Waals surface area contributed by atoms with Crippen molar-refractivity contribution in [1.29, 1.82) is 0 Å². The van der Waals surface area contributed by atoms with E-state index in [2.05, 4.69) is 20.9 Å². The smallest absolute Gasteiger partial charge is 0.217 e. The lowest BCUT2D eigenvalue weighted by Gasteiger charge is -1.90. The van der Waals surface area contributed by atoms with Crippen molar-refractivity contribution >= 4 is 27.6 Å². The zero-order valence-corrected chi connectivity index (χ0v) is 6.27. The lowest BCUT2D eigenvalue weighted by molar-refractivity contribution is -0.342. The molecule has 1 heterocycles. The van der Waals surface area contributed by atoms with Crippen molar-refractivity contribution in [2.75, 3.05) is 11.5 Å². The Morgan fingerprint density at radius 3 is 2.00 bits per heavy atom. The summed E-state index contributed by atoms with van der Waals surface area (Å²) in [5.41, 5.74) is 10.8. The number of H-pyrrole nitrogens is 1. The predicted octanol–water partition coefficient (Wildman–Crippen LogP) is 0.428. The van der Waals surface area contributed by atoms with Gasteiger partial charge in [0.1, 0.15) is 0 Å². The van der Waals surface area contributed by atoms with Crippen molar-refractivity contribution < 1.29 is 4.98 Å². The third-order valence-electron chi connectivity index (χ3n) is 0.875. The molecule has 48 valence electrons. The van der Waals surface area contributed by atoms with Crippen LogP contribution in [0.2, 0.25) is 0 Å². The Kier molecular flexibility index (Phi) is 1.57. The number of halogens is 1. The van der Waals surface area contributed by atoms with E-state index in [1.165, 1.54) is 0 Å². The number of hydrogen-bond acceptors (Lipinski definition) is 2. The minimum Gasteiger partial charge on any atom is -0.319 e. The fraction of sp³-hybridized carbons (Fsp3) is 0. The summed E-state index contributed by atoms with van der Waals surface area (Å²) in [5.74, 6) is 1.11. The summed E-state index contributed by atoms with van der Waals surface area (Å²) < 4.78 is 0.885. The molecule has 0 aliphatic carbocycles. The van der Waals surface area contributed by atoms with Crippen molar-refractivity contribution in [3.8, 4) is 0 Å². The van der Waals surface area contributed by atoms with Gasteiger partial charge >= 0.3 is 0 Å². The molecule has 0 amide bonds. The fourth-order valence-electron chi connectivity index (χ4n) is 0.578. The van der Waals surface area contributed by atoms with E-state index < -0.39 is 0 Å². The van der Waals surface area contributed by atoms with Crippen LogP contribution in [-0.4, -0.2) is 0 Å². The van der Waals surface area contributed by atoms with Gasteiger partial charge in [-0.05, 0) is 0 Å². The van der Waals surface area contributed by atoms with Gasteiger partial charge in [-0.1, -0.05) is 15.9 Å². The predicted molar refractivity (Wildman–Crippen MR) is 39.5 cm³/mol. The van der Waals surface area contributed by atoms with Gasteiger partial charge in [0.25, 0.3) is 0 Å². The molecule has 1 rings (SSSR count). The van der Waals surface area contributed by atoms with Crippen LogP contribution < -0.4 is 16.5 Å². The first kappa shape index (κ1) is 6.35. The molecule has 5 N–H and O–H groups in total. The highest BCUT2D eigenvalue weighted by Gasteiger charge is 1.95. The molecule has 0 aliphatic rings. The Hall–Kier alpha value is -0.770. The molecule has 0 aromatic carbocycles. The van der Waals surface area contributed by atoms with Crippen LogP contribution in [0.4, 0.5) is 11.6 Å². The van der Waals surface area contributed by atoms with E-state index >= 15 is 0 Å². The van der Waals surface area contributed by atoms with Gasteiger partial charge in [0, 0.05) is 16.6 Å². The van der Waals surface area contributed by atoms with E-state index in [0.717, 1.165) is 4.47 Å². The van der Waals surface area contributed by atoms with Gasteiger partial charge in [0.2, 0.25) is 11.6 Å². The lowest BCUT2D eigenvalue weighted by Crippen LogP contribution is -2.14. The van der Waals surface area contributed by atoms with Crippen LogP contribution in [0.15, 0.2) is 16.6 Å². The summed E-state index contributed by atoms with van der Waals surface area (Å²) in [6.07, 6.45) is 0. The Labute approximate surface area is 61.2 Å². The van der Waals surface area contributed by atoms with E-state index in [1.807, 2.05) is 0 Å². The molecule has 0 unspecified atom stereocenters. The molecule has 0 atom stereocenters. The molecule has 0 saturated heterocycles. The molecule has 9 heavy (non-hydrogen) atoms. The average Bonchev–Trinajstić information content (AvgIpc) is 1.59. The average molecular weight is 189 g/mol. The molecule has 0 radical (unpaired) electrons. The molecular formula is C5H7BrN3+. The largest absolute Gasteiger partial charge is 0.319 e. The van der Waals surface area contributed by atoms with E-state index in [4.69, 9.17) is 11.5 Å². The lowest BCUT2D eigenvalue weighted by atomic mass is 10.4. The maximum absolute atomic E-state index is 5.39. The summed E-state index contributed by atoms with van der Waals surface area (Å²) in [7, 11) is 0. The molecular weight excluding hydrogens is 182 g/mol. The van der Waals surface area contributed by atoms with E-state index in [9.17, 15) is 0 Å². The van der Waals surface area contributed by atoms with E-state index in [-0.39, 0.29) is 0 Å². The van der Waals surface area contributed by atoms with Crippen LogP contribution in [0.1, 0.15) is 0 Å². The third-order valence-corrected chi connectivity index (χ3v) is 1.33. The Bertz CT molecular complexity index is 173. The van der Waals surface area contributed by atoms with Gasteiger partial charge in [-0.2, -0.15) is 0 Å². The first-order valence-electron chi connectivity index (χ1n) is 2.42. The standard InChI is InChI=1S/C5H6BrN3/c6-3-1-4(7)9-5(8)2-3/h1-2H,(H4,7,8,9)/p+1. The van der Waals surface area contributed by atoms with Gasteiger partial charge in [0.15, 0.2) is 0 Å². The van der Waals surface area contributed by atoms with Crippen molar-refractivity contribution in [3.05, 3.63) is 16.6 Å². The number of nitrogens with two attached hydrogens (primary N) is 2. The summed E-state index contributed by atoms with van der Waals surface area (Å²) in [5, 5.41) is 0. The van der Waals surface area contributed by atoms with Gasteiger partial charge in [0.05, 0.1) is 0 Å². The normalized spacial score (nSPS) is 9.44. The van der Waals surface area contributed by atoms with Crippen molar-refractivity contribution in [2.45, 2.75) is 0 Å². The quantitative estimate of drug-likeness (QED) is 0.621. The number of aromatic amines is 1. The van der Waals surface area contributed by atoms with Gasteiger partial charge in [-0.3, -0.25) is 0 Å². The summed E-state index contributed by atoms with van der Waals surface area (Å²) in [6, 6.07) is 3.49. The number of hydrogen-bond donors (Lipinski definition) is 2. The molecule has 1 aromatic rings. The molecule has 0 spiro atoms. The van der Waals surface area contributed by atoms with Crippen molar-refractivity contribution in [1.82, 2.24) is 0 Å². The van der Waals surface area contributed by atoms with Crippen LogP contribution in [-0.2, 0) is 0 Å². The first-order chi connectivity index (χ1) is 4.18. The van der Waals surface area contributed by atoms with Crippen LogP contribution in [0.5, 0.6) is 0 Å². The zero-order chi connectivity index (χ0) is 6.85. The van der Waals surface area contributed by atoms with Crippen LogP contribution in [0, 0.1) is 0 Å². The van der Waals surface area contributed by atoms with Crippen LogP contribution in [0.3, 0.4) is 0 Å². The third kappa shape index (κ3) is 1.57. The molecule has 0 saturated carbocycles. The van der Waals surface area contributed by atoms with Gasteiger partial charge in [-0.25, -0.2) is 4.98 Å². The molecule has 1 aromatic heterocycles. The molecule has 3 nitrogen and oxygen atoms in total. The Morgan fingerprint density at radius 1 is 1.22 bits per heavy atom. The van der Waals surface area contributed by atoms with E-state index in [1.54, 1.807) is 12.1 Å². The second-order valence-electron chi connectivity index (χ2n) is 1.71. The number of nitrogen functional groups attached to an aromatic ring is 2. The van der Waals surface area contributed by atoms with Crippen molar-refractivity contribution in [3.63, 3.8) is 0 Å². The second-order valence-corrected chi connectivity index (χ2v) is 2.62. The minimum atomic E-state index is 0.557. The highest BCUT2D eigenvalue weighted by Crippen LogP contribution is 2.10. The maximum atomic E-state index is 5.39. The number of aromatic nitrogens is 1. The maximum Gasteiger partial charge on any atom is 0.217 e. The number of pyridine rings is 1. The molecule has 0 bridgehead atoms.